The first kappa shape index (κ1) is 23.6. The van der Waals surface area contributed by atoms with Crippen LogP contribution >= 0.6 is 0 Å². The molecule has 1 aromatic heterocycles. The maximum absolute atomic E-state index is 12.5. The number of methoxy groups -OCH3 is 1. The van der Waals surface area contributed by atoms with E-state index in [9.17, 15) is 4.79 Å². The van der Waals surface area contributed by atoms with Gasteiger partial charge in [0.2, 0.25) is 0 Å². The molecule has 1 N–H and O–H groups in total. The van der Waals surface area contributed by atoms with E-state index in [2.05, 4.69) is 44.4 Å². The minimum absolute atomic E-state index is 0.161. The fraction of sp³-hybridized carbons (Fsp3) is 0.333. The van der Waals surface area contributed by atoms with E-state index in [1.54, 1.807) is 25.4 Å². The maximum atomic E-state index is 12.5. The summed E-state index contributed by atoms with van der Waals surface area (Å²) in [5.74, 6) is 1.20. The monoisotopic (exact) mass is 460 g/mol. The van der Waals surface area contributed by atoms with Crippen LogP contribution in [0.25, 0.3) is 0 Å². The van der Waals surface area contributed by atoms with Crippen LogP contribution in [0.15, 0.2) is 66.9 Å². The number of carbonyl (C=O) groups excluding carboxylic acids is 1. The van der Waals surface area contributed by atoms with Crippen LogP contribution in [0.1, 0.15) is 29.8 Å². The van der Waals surface area contributed by atoms with E-state index in [4.69, 9.17) is 9.47 Å². The molecule has 178 valence electrons. The number of ether oxygens (including phenoxy) is 2. The summed E-state index contributed by atoms with van der Waals surface area (Å²) in [5, 5.41) is 3.46. The van der Waals surface area contributed by atoms with Crippen LogP contribution in [-0.4, -0.2) is 55.2 Å². The van der Waals surface area contributed by atoms with Crippen LogP contribution in [0.5, 0.6) is 5.75 Å². The van der Waals surface area contributed by atoms with Crippen molar-refractivity contribution in [2.24, 2.45) is 0 Å². The Labute approximate surface area is 201 Å². The number of carbonyl (C=O) groups is 1. The Morgan fingerprint density at radius 3 is 2.59 bits per heavy atom. The molecular weight excluding hydrogens is 428 g/mol. The van der Waals surface area contributed by atoms with Crippen molar-refractivity contribution in [3.8, 4) is 5.75 Å². The summed E-state index contributed by atoms with van der Waals surface area (Å²) in [4.78, 5) is 21.6. The fourth-order valence-corrected chi connectivity index (χ4v) is 4.11. The van der Waals surface area contributed by atoms with E-state index in [-0.39, 0.29) is 12.1 Å². The van der Waals surface area contributed by atoms with Crippen molar-refractivity contribution in [1.29, 1.82) is 0 Å². The number of pyridine rings is 1. The van der Waals surface area contributed by atoms with Gasteiger partial charge in [-0.15, -0.1) is 0 Å². The molecule has 0 unspecified atom stereocenters. The standard InChI is InChI=1S/C27H32N4O3/c1-20(2)34-27(32)23-10-7-13-28-26(23)31-16-14-30(15-17-31)19-21-8-6-9-22(18-21)29-24-11-4-5-12-25(24)33-3/h4-13,18,20,29H,14-17,19H2,1-3H3. The molecule has 34 heavy (non-hydrogen) atoms. The van der Waals surface area contributed by atoms with Gasteiger partial charge in [-0.25, -0.2) is 9.78 Å². The predicted molar refractivity (Wildman–Crippen MR) is 135 cm³/mol. The highest BCUT2D eigenvalue weighted by atomic mass is 16.5. The maximum Gasteiger partial charge on any atom is 0.342 e. The fourth-order valence-electron chi connectivity index (χ4n) is 4.11. The highest BCUT2D eigenvalue weighted by Gasteiger charge is 2.23. The zero-order valence-corrected chi connectivity index (χ0v) is 20.0. The van der Waals surface area contributed by atoms with Crippen LogP contribution in [0.4, 0.5) is 17.2 Å². The number of esters is 1. The molecule has 0 aliphatic carbocycles. The van der Waals surface area contributed by atoms with Gasteiger partial charge in [-0.3, -0.25) is 4.90 Å². The Balaban J connectivity index is 1.37. The highest BCUT2D eigenvalue weighted by molar-refractivity contribution is 5.94. The highest BCUT2D eigenvalue weighted by Crippen LogP contribution is 2.28. The number of hydrogen-bond donors (Lipinski definition) is 1. The third-order valence-corrected chi connectivity index (χ3v) is 5.74. The molecule has 0 amide bonds. The molecule has 2 aromatic carbocycles. The van der Waals surface area contributed by atoms with Crippen molar-refractivity contribution in [1.82, 2.24) is 9.88 Å². The van der Waals surface area contributed by atoms with Crippen LogP contribution < -0.4 is 15.0 Å². The molecule has 7 heteroatoms. The van der Waals surface area contributed by atoms with Gasteiger partial charge in [-0.2, -0.15) is 0 Å². The summed E-state index contributed by atoms with van der Waals surface area (Å²) in [6.45, 7) is 7.95. The molecule has 1 saturated heterocycles. The summed E-state index contributed by atoms with van der Waals surface area (Å²) in [5.41, 5.74) is 3.74. The molecule has 0 atom stereocenters. The second kappa shape index (κ2) is 11.0. The number of rotatable bonds is 8. The van der Waals surface area contributed by atoms with E-state index in [1.165, 1.54) is 5.56 Å². The summed E-state index contributed by atoms with van der Waals surface area (Å²) in [6.07, 6.45) is 1.57. The van der Waals surface area contributed by atoms with Gasteiger partial charge >= 0.3 is 5.97 Å². The van der Waals surface area contributed by atoms with Crippen molar-refractivity contribution in [3.05, 3.63) is 78.0 Å². The molecule has 1 fully saturated rings. The average molecular weight is 461 g/mol. The van der Waals surface area contributed by atoms with Gasteiger partial charge in [0, 0.05) is 44.6 Å². The topological polar surface area (TPSA) is 66.9 Å². The number of benzene rings is 2. The lowest BCUT2D eigenvalue weighted by atomic mass is 10.1. The molecule has 0 radical (unpaired) electrons. The van der Waals surface area contributed by atoms with Crippen molar-refractivity contribution in [2.75, 3.05) is 43.5 Å². The number of anilines is 3. The van der Waals surface area contributed by atoms with Gasteiger partial charge in [0.1, 0.15) is 17.1 Å². The van der Waals surface area contributed by atoms with E-state index < -0.39 is 0 Å². The molecule has 4 rings (SSSR count). The Kier molecular flexibility index (Phi) is 7.65. The van der Waals surface area contributed by atoms with E-state index in [0.717, 1.165) is 49.8 Å². The van der Waals surface area contributed by atoms with Crippen LogP contribution in [0.3, 0.4) is 0 Å². The number of nitrogens with one attached hydrogen (secondary N) is 1. The number of piperazine rings is 1. The number of aromatic nitrogens is 1. The Morgan fingerprint density at radius 2 is 1.82 bits per heavy atom. The molecule has 0 spiro atoms. The zero-order valence-electron chi connectivity index (χ0n) is 20.0. The third-order valence-electron chi connectivity index (χ3n) is 5.74. The van der Waals surface area contributed by atoms with Crippen LogP contribution in [-0.2, 0) is 11.3 Å². The predicted octanol–water partition coefficient (Wildman–Crippen LogP) is 4.72. The van der Waals surface area contributed by atoms with Gasteiger partial charge in [-0.05, 0) is 55.8 Å². The Bertz CT molecular complexity index is 1110. The number of hydrogen-bond acceptors (Lipinski definition) is 7. The van der Waals surface area contributed by atoms with E-state index in [1.807, 2.05) is 38.1 Å². The largest absolute Gasteiger partial charge is 0.495 e. The Hall–Kier alpha value is -3.58. The van der Waals surface area contributed by atoms with E-state index in [0.29, 0.717) is 11.4 Å². The van der Waals surface area contributed by atoms with Crippen LogP contribution in [0, 0.1) is 0 Å². The smallest absolute Gasteiger partial charge is 0.342 e. The summed E-state index contributed by atoms with van der Waals surface area (Å²) in [7, 11) is 1.68. The van der Waals surface area contributed by atoms with Crippen molar-refractivity contribution >= 4 is 23.2 Å². The molecule has 7 nitrogen and oxygen atoms in total. The molecule has 0 saturated carbocycles. The quantitative estimate of drug-likeness (QED) is 0.488. The second-order valence-corrected chi connectivity index (χ2v) is 8.62. The normalized spacial score (nSPS) is 14.2. The number of nitrogens with zero attached hydrogens (tertiary/aromatic N) is 3. The molecule has 3 aromatic rings. The van der Waals surface area contributed by atoms with E-state index >= 15 is 0 Å². The van der Waals surface area contributed by atoms with Gasteiger partial charge in [-0.1, -0.05) is 24.3 Å². The lowest BCUT2D eigenvalue weighted by molar-refractivity contribution is 0.0378. The summed E-state index contributed by atoms with van der Waals surface area (Å²) >= 11 is 0. The molecule has 1 aliphatic rings. The van der Waals surface area contributed by atoms with Gasteiger partial charge in [0.05, 0.1) is 18.9 Å². The van der Waals surface area contributed by atoms with Crippen molar-refractivity contribution < 1.29 is 14.3 Å². The summed E-state index contributed by atoms with van der Waals surface area (Å²) < 4.78 is 10.9. The first-order valence-corrected chi connectivity index (χ1v) is 11.7. The number of para-hydroxylation sites is 2. The third kappa shape index (κ3) is 5.85. The van der Waals surface area contributed by atoms with Gasteiger partial charge in [0.25, 0.3) is 0 Å². The minimum Gasteiger partial charge on any atom is -0.495 e. The SMILES string of the molecule is COc1ccccc1Nc1cccc(CN2CCN(c3ncccc3C(=O)OC(C)C)CC2)c1. The lowest BCUT2D eigenvalue weighted by Gasteiger charge is -2.36. The van der Waals surface area contributed by atoms with Gasteiger partial charge in [0.15, 0.2) is 0 Å². The first-order chi connectivity index (χ1) is 16.5. The Morgan fingerprint density at radius 1 is 1.03 bits per heavy atom. The molecule has 2 heterocycles. The second-order valence-electron chi connectivity index (χ2n) is 8.62. The lowest BCUT2D eigenvalue weighted by Crippen LogP contribution is -2.46. The summed E-state index contributed by atoms with van der Waals surface area (Å²) in [6, 6.07) is 19.9. The first-order valence-electron chi connectivity index (χ1n) is 11.7. The average Bonchev–Trinajstić information content (AvgIpc) is 2.85. The van der Waals surface area contributed by atoms with Crippen molar-refractivity contribution in [2.45, 2.75) is 26.5 Å². The molecular formula is C27H32N4O3. The molecule has 1 aliphatic heterocycles. The zero-order chi connectivity index (χ0) is 23.9. The molecule has 0 bridgehead atoms. The minimum atomic E-state index is -0.320. The van der Waals surface area contributed by atoms with Crippen LogP contribution in [0.2, 0.25) is 0 Å². The van der Waals surface area contributed by atoms with Gasteiger partial charge < -0.3 is 19.7 Å². The van der Waals surface area contributed by atoms with Crippen molar-refractivity contribution in [3.63, 3.8) is 0 Å².